The summed E-state index contributed by atoms with van der Waals surface area (Å²) in [7, 11) is 1.62. The van der Waals surface area contributed by atoms with Gasteiger partial charge in [0.25, 0.3) is 0 Å². The van der Waals surface area contributed by atoms with Crippen LogP contribution in [0.1, 0.15) is 0 Å². The predicted molar refractivity (Wildman–Crippen MR) is 90.9 cm³/mol. The standard InChI is InChI=1S/C15H15BrN2O2S/c1-20-11-3-2-4-12(8-11)21-9-15(19)18-14-6-5-10(17)7-13(14)16/h2-8H,9,17H2,1H3,(H,18,19). The zero-order valence-corrected chi connectivity index (χ0v) is 13.8. The van der Waals surface area contributed by atoms with Crippen LogP contribution in [-0.2, 0) is 4.79 Å². The van der Waals surface area contributed by atoms with E-state index in [1.807, 2.05) is 24.3 Å². The normalized spacial score (nSPS) is 10.2. The largest absolute Gasteiger partial charge is 0.497 e. The van der Waals surface area contributed by atoms with E-state index in [0.29, 0.717) is 17.1 Å². The molecule has 0 saturated carbocycles. The number of halogens is 1. The van der Waals surface area contributed by atoms with Crippen molar-refractivity contribution in [2.45, 2.75) is 4.90 Å². The summed E-state index contributed by atoms with van der Waals surface area (Å²) in [5.41, 5.74) is 7.01. The zero-order valence-electron chi connectivity index (χ0n) is 11.4. The molecule has 0 heterocycles. The quantitative estimate of drug-likeness (QED) is 0.624. The lowest BCUT2D eigenvalue weighted by atomic mass is 10.3. The average Bonchev–Trinajstić information content (AvgIpc) is 2.48. The van der Waals surface area contributed by atoms with E-state index in [1.165, 1.54) is 11.8 Å². The highest BCUT2D eigenvalue weighted by Gasteiger charge is 2.07. The van der Waals surface area contributed by atoms with Crippen molar-refractivity contribution in [3.63, 3.8) is 0 Å². The van der Waals surface area contributed by atoms with Gasteiger partial charge in [0.1, 0.15) is 5.75 Å². The molecular weight excluding hydrogens is 352 g/mol. The van der Waals surface area contributed by atoms with Gasteiger partial charge in [-0.2, -0.15) is 0 Å². The summed E-state index contributed by atoms with van der Waals surface area (Å²) in [4.78, 5) is 12.9. The van der Waals surface area contributed by atoms with Crippen molar-refractivity contribution in [2.75, 3.05) is 23.9 Å². The number of carbonyl (C=O) groups is 1. The summed E-state index contributed by atoms with van der Waals surface area (Å²) >= 11 is 4.83. The number of nitrogens with one attached hydrogen (secondary N) is 1. The number of hydrogen-bond donors (Lipinski definition) is 2. The number of methoxy groups -OCH3 is 1. The van der Waals surface area contributed by atoms with Crippen LogP contribution in [0.25, 0.3) is 0 Å². The van der Waals surface area contributed by atoms with Gasteiger partial charge in [0, 0.05) is 15.1 Å². The number of anilines is 2. The second kappa shape index (κ2) is 7.38. The molecule has 2 rings (SSSR count). The van der Waals surface area contributed by atoms with E-state index in [4.69, 9.17) is 10.5 Å². The Hall–Kier alpha value is -1.66. The van der Waals surface area contributed by atoms with Crippen LogP contribution in [0.3, 0.4) is 0 Å². The molecule has 4 nitrogen and oxygen atoms in total. The molecule has 0 aliphatic rings. The maximum absolute atomic E-state index is 12.0. The summed E-state index contributed by atoms with van der Waals surface area (Å²) in [5, 5.41) is 2.84. The summed E-state index contributed by atoms with van der Waals surface area (Å²) in [6.45, 7) is 0. The first-order valence-electron chi connectivity index (χ1n) is 6.20. The third-order valence-corrected chi connectivity index (χ3v) is 4.33. The number of rotatable bonds is 5. The summed E-state index contributed by atoms with van der Waals surface area (Å²) < 4.78 is 5.92. The SMILES string of the molecule is COc1cccc(SCC(=O)Nc2ccc(N)cc2Br)c1. The number of ether oxygens (including phenoxy) is 1. The second-order valence-electron chi connectivity index (χ2n) is 4.26. The number of carbonyl (C=O) groups excluding carboxylic acids is 1. The minimum atomic E-state index is -0.0757. The van der Waals surface area contributed by atoms with Crippen LogP contribution >= 0.6 is 27.7 Å². The minimum absolute atomic E-state index is 0.0757. The molecule has 1 amide bonds. The van der Waals surface area contributed by atoms with Crippen LogP contribution in [0.4, 0.5) is 11.4 Å². The van der Waals surface area contributed by atoms with E-state index in [0.717, 1.165) is 15.1 Å². The van der Waals surface area contributed by atoms with Gasteiger partial charge in [-0.3, -0.25) is 4.79 Å². The molecule has 0 aliphatic heterocycles. The third kappa shape index (κ3) is 4.68. The molecule has 0 aromatic heterocycles. The van der Waals surface area contributed by atoms with Gasteiger partial charge in [0.05, 0.1) is 18.6 Å². The van der Waals surface area contributed by atoms with Crippen LogP contribution in [0.2, 0.25) is 0 Å². The topological polar surface area (TPSA) is 64.3 Å². The van der Waals surface area contributed by atoms with Crippen molar-refractivity contribution < 1.29 is 9.53 Å². The molecule has 0 aliphatic carbocycles. The number of nitrogens with two attached hydrogens (primary N) is 1. The van der Waals surface area contributed by atoms with Gasteiger partial charge >= 0.3 is 0 Å². The van der Waals surface area contributed by atoms with Crippen LogP contribution < -0.4 is 15.8 Å². The van der Waals surface area contributed by atoms with Crippen molar-refractivity contribution in [2.24, 2.45) is 0 Å². The number of thioether (sulfide) groups is 1. The molecule has 2 aromatic carbocycles. The molecule has 0 saturated heterocycles. The molecule has 0 bridgehead atoms. The molecule has 2 aromatic rings. The van der Waals surface area contributed by atoms with Gasteiger partial charge in [0.2, 0.25) is 5.91 Å². The maximum Gasteiger partial charge on any atom is 0.234 e. The first kappa shape index (κ1) is 15.7. The second-order valence-corrected chi connectivity index (χ2v) is 6.16. The molecule has 3 N–H and O–H groups in total. The van der Waals surface area contributed by atoms with Gasteiger partial charge < -0.3 is 15.8 Å². The Bertz CT molecular complexity index is 649. The number of benzene rings is 2. The lowest BCUT2D eigenvalue weighted by Gasteiger charge is -2.08. The van der Waals surface area contributed by atoms with Crippen LogP contribution in [0.15, 0.2) is 51.8 Å². The lowest BCUT2D eigenvalue weighted by Crippen LogP contribution is -2.14. The van der Waals surface area contributed by atoms with Gasteiger partial charge in [-0.25, -0.2) is 0 Å². The fraction of sp³-hybridized carbons (Fsp3) is 0.133. The van der Waals surface area contributed by atoms with E-state index in [1.54, 1.807) is 25.3 Å². The zero-order chi connectivity index (χ0) is 15.2. The van der Waals surface area contributed by atoms with Crippen molar-refractivity contribution in [3.05, 3.63) is 46.9 Å². The predicted octanol–water partition coefficient (Wildman–Crippen LogP) is 3.77. The van der Waals surface area contributed by atoms with Gasteiger partial charge in [0.15, 0.2) is 0 Å². The Balaban J connectivity index is 1.92. The fourth-order valence-electron chi connectivity index (χ4n) is 1.66. The Morgan fingerprint density at radius 1 is 1.33 bits per heavy atom. The van der Waals surface area contributed by atoms with Crippen LogP contribution in [0.5, 0.6) is 5.75 Å². The Labute approximate surface area is 136 Å². The third-order valence-electron chi connectivity index (χ3n) is 2.68. The highest BCUT2D eigenvalue weighted by atomic mass is 79.9. The number of hydrogen-bond acceptors (Lipinski definition) is 4. The molecule has 0 unspecified atom stereocenters. The first-order chi connectivity index (χ1) is 10.1. The molecule has 0 spiro atoms. The summed E-state index contributed by atoms with van der Waals surface area (Å²) in [6.07, 6.45) is 0. The Morgan fingerprint density at radius 3 is 2.86 bits per heavy atom. The first-order valence-corrected chi connectivity index (χ1v) is 7.98. The minimum Gasteiger partial charge on any atom is -0.497 e. The summed E-state index contributed by atoms with van der Waals surface area (Å²) in [5.74, 6) is 1.03. The van der Waals surface area contributed by atoms with Crippen LogP contribution in [-0.4, -0.2) is 18.8 Å². The number of amides is 1. The molecule has 6 heteroatoms. The average molecular weight is 367 g/mol. The molecule has 110 valence electrons. The molecule has 0 fully saturated rings. The number of nitrogen functional groups attached to an aromatic ring is 1. The van der Waals surface area contributed by atoms with Crippen molar-refractivity contribution in [1.82, 2.24) is 0 Å². The van der Waals surface area contributed by atoms with E-state index in [-0.39, 0.29) is 5.91 Å². The Morgan fingerprint density at radius 2 is 2.14 bits per heavy atom. The molecular formula is C15H15BrN2O2S. The van der Waals surface area contributed by atoms with Crippen molar-refractivity contribution >= 4 is 45.0 Å². The summed E-state index contributed by atoms with van der Waals surface area (Å²) in [6, 6.07) is 12.9. The fourth-order valence-corrected chi connectivity index (χ4v) is 2.90. The molecule has 0 atom stereocenters. The van der Waals surface area contributed by atoms with E-state index < -0.39 is 0 Å². The van der Waals surface area contributed by atoms with Gasteiger partial charge in [-0.1, -0.05) is 6.07 Å². The van der Waals surface area contributed by atoms with Gasteiger partial charge in [-0.05, 0) is 52.3 Å². The van der Waals surface area contributed by atoms with E-state index in [9.17, 15) is 4.79 Å². The van der Waals surface area contributed by atoms with E-state index in [2.05, 4.69) is 21.2 Å². The molecule has 0 radical (unpaired) electrons. The highest BCUT2D eigenvalue weighted by Crippen LogP contribution is 2.26. The van der Waals surface area contributed by atoms with Crippen molar-refractivity contribution in [1.29, 1.82) is 0 Å². The Kier molecular flexibility index (Phi) is 5.52. The van der Waals surface area contributed by atoms with Crippen molar-refractivity contribution in [3.8, 4) is 5.75 Å². The molecule has 21 heavy (non-hydrogen) atoms. The highest BCUT2D eigenvalue weighted by molar-refractivity contribution is 9.10. The lowest BCUT2D eigenvalue weighted by molar-refractivity contribution is -0.113. The maximum atomic E-state index is 12.0. The smallest absolute Gasteiger partial charge is 0.234 e. The van der Waals surface area contributed by atoms with Gasteiger partial charge in [-0.15, -0.1) is 11.8 Å². The van der Waals surface area contributed by atoms with Crippen LogP contribution in [0, 0.1) is 0 Å². The monoisotopic (exact) mass is 366 g/mol. The van der Waals surface area contributed by atoms with E-state index >= 15 is 0 Å².